The summed E-state index contributed by atoms with van der Waals surface area (Å²) in [6.45, 7) is 1.99. The fourth-order valence-corrected chi connectivity index (χ4v) is 5.04. The molecule has 142 valence electrons. The van der Waals surface area contributed by atoms with E-state index in [1.54, 1.807) is 6.07 Å². The number of nitrogens with one attached hydrogen (secondary N) is 2. The summed E-state index contributed by atoms with van der Waals surface area (Å²) in [4.78, 5) is 9.02. The van der Waals surface area contributed by atoms with Crippen LogP contribution < -0.4 is 10.0 Å². The van der Waals surface area contributed by atoms with Gasteiger partial charge in [0.25, 0.3) is 10.0 Å². The van der Waals surface area contributed by atoms with Crippen molar-refractivity contribution >= 4 is 61.3 Å². The molecule has 2 heterocycles. The number of fused-ring (bicyclic) bond motifs is 1. The molecule has 4 rings (SSSR count). The van der Waals surface area contributed by atoms with E-state index >= 15 is 0 Å². The van der Waals surface area contributed by atoms with E-state index in [1.807, 2.05) is 49.4 Å². The molecule has 0 unspecified atom stereocenters. The Kier molecular flexibility index (Phi) is 4.92. The fourth-order valence-electron chi connectivity index (χ4n) is 2.55. The molecule has 28 heavy (non-hydrogen) atoms. The molecular weight excluding hydrogens is 416 g/mol. The van der Waals surface area contributed by atoms with Crippen LogP contribution in [0.25, 0.3) is 11.0 Å². The number of sulfonamides is 1. The molecule has 4 aromatic rings. The van der Waals surface area contributed by atoms with Crippen LogP contribution in [0.5, 0.6) is 0 Å². The van der Waals surface area contributed by atoms with Gasteiger partial charge in [-0.3, -0.25) is 4.72 Å². The van der Waals surface area contributed by atoms with Crippen molar-refractivity contribution in [3.8, 4) is 0 Å². The van der Waals surface area contributed by atoms with Crippen LogP contribution in [0, 0.1) is 6.92 Å². The van der Waals surface area contributed by atoms with Crippen LogP contribution in [0.1, 0.15) is 5.56 Å². The lowest BCUT2D eigenvalue weighted by atomic mass is 10.2. The summed E-state index contributed by atoms with van der Waals surface area (Å²) in [6.07, 6.45) is 0. The van der Waals surface area contributed by atoms with Gasteiger partial charge in [-0.25, -0.2) is 18.4 Å². The third-order valence-electron chi connectivity index (χ3n) is 3.93. The van der Waals surface area contributed by atoms with Gasteiger partial charge in [-0.15, -0.1) is 11.3 Å². The van der Waals surface area contributed by atoms with Crippen LogP contribution in [0.3, 0.4) is 0 Å². The largest absolute Gasteiger partial charge is 0.337 e. The van der Waals surface area contributed by atoms with E-state index in [2.05, 4.69) is 20.0 Å². The quantitative estimate of drug-likeness (QED) is 0.454. The maximum absolute atomic E-state index is 12.7. The third-order valence-corrected chi connectivity index (χ3v) is 6.99. The van der Waals surface area contributed by atoms with Crippen molar-refractivity contribution in [2.75, 3.05) is 10.0 Å². The van der Waals surface area contributed by atoms with Gasteiger partial charge in [0.1, 0.15) is 4.21 Å². The van der Waals surface area contributed by atoms with Crippen molar-refractivity contribution in [1.29, 1.82) is 0 Å². The Balaban J connectivity index is 1.77. The van der Waals surface area contributed by atoms with E-state index in [1.165, 1.54) is 12.1 Å². The number of halogens is 1. The summed E-state index contributed by atoms with van der Waals surface area (Å²) in [6, 6.07) is 18.0. The average Bonchev–Trinajstić information content (AvgIpc) is 3.11. The number of benzene rings is 2. The molecule has 0 radical (unpaired) electrons. The number of hydrogen-bond donors (Lipinski definition) is 2. The van der Waals surface area contributed by atoms with E-state index < -0.39 is 10.0 Å². The zero-order valence-electron chi connectivity index (χ0n) is 14.7. The number of hydrogen-bond acceptors (Lipinski definition) is 6. The minimum absolute atomic E-state index is 0.105. The van der Waals surface area contributed by atoms with Gasteiger partial charge in [0.2, 0.25) is 0 Å². The zero-order chi connectivity index (χ0) is 19.7. The van der Waals surface area contributed by atoms with Gasteiger partial charge in [0, 0.05) is 5.69 Å². The Labute approximate surface area is 171 Å². The predicted molar refractivity (Wildman–Crippen MR) is 114 cm³/mol. The molecular formula is C19H15ClN4O2S2. The highest BCUT2D eigenvalue weighted by Crippen LogP contribution is 2.30. The van der Waals surface area contributed by atoms with Crippen LogP contribution in [0.2, 0.25) is 4.34 Å². The fraction of sp³-hybridized carbons (Fsp3) is 0.0526. The molecule has 0 saturated heterocycles. The highest BCUT2D eigenvalue weighted by Gasteiger charge is 2.20. The third kappa shape index (κ3) is 3.94. The molecule has 0 spiro atoms. The van der Waals surface area contributed by atoms with Gasteiger partial charge in [-0.1, -0.05) is 41.4 Å². The summed E-state index contributed by atoms with van der Waals surface area (Å²) in [7, 11) is -3.84. The number of anilines is 3. The summed E-state index contributed by atoms with van der Waals surface area (Å²) in [5.41, 5.74) is 3.12. The van der Waals surface area contributed by atoms with Crippen molar-refractivity contribution < 1.29 is 8.42 Å². The Morgan fingerprint density at radius 2 is 1.54 bits per heavy atom. The second-order valence-corrected chi connectivity index (χ2v) is 9.69. The monoisotopic (exact) mass is 430 g/mol. The smallest absolute Gasteiger partial charge is 0.272 e. The van der Waals surface area contributed by atoms with Crippen molar-refractivity contribution in [1.82, 2.24) is 9.97 Å². The first-order valence-electron chi connectivity index (χ1n) is 8.29. The molecule has 0 fully saturated rings. The van der Waals surface area contributed by atoms with E-state index in [0.717, 1.165) is 22.6 Å². The molecule has 2 aromatic heterocycles. The highest BCUT2D eigenvalue weighted by atomic mass is 35.5. The van der Waals surface area contributed by atoms with E-state index in [9.17, 15) is 8.42 Å². The Hall–Kier alpha value is -2.68. The van der Waals surface area contributed by atoms with Gasteiger partial charge in [0.15, 0.2) is 11.6 Å². The average molecular weight is 431 g/mol. The summed E-state index contributed by atoms with van der Waals surface area (Å²) < 4.78 is 28.5. The minimum atomic E-state index is -3.84. The molecule has 0 bridgehead atoms. The lowest BCUT2D eigenvalue weighted by Crippen LogP contribution is -2.15. The van der Waals surface area contributed by atoms with Gasteiger partial charge in [-0.05, 0) is 43.3 Å². The van der Waals surface area contributed by atoms with Gasteiger partial charge in [0.05, 0.1) is 15.4 Å². The van der Waals surface area contributed by atoms with Crippen molar-refractivity contribution in [3.05, 3.63) is 70.6 Å². The number of nitrogens with zero attached hydrogens (tertiary/aromatic N) is 2. The second-order valence-electron chi connectivity index (χ2n) is 6.06. The Morgan fingerprint density at radius 3 is 2.14 bits per heavy atom. The van der Waals surface area contributed by atoms with Crippen LogP contribution in [0.15, 0.2) is 64.9 Å². The normalized spacial score (nSPS) is 11.5. The number of para-hydroxylation sites is 2. The molecule has 0 aliphatic rings. The van der Waals surface area contributed by atoms with E-state index in [4.69, 9.17) is 11.6 Å². The van der Waals surface area contributed by atoms with E-state index in [0.29, 0.717) is 21.2 Å². The summed E-state index contributed by atoms with van der Waals surface area (Å²) in [5.74, 6) is 0.428. The van der Waals surface area contributed by atoms with Gasteiger partial charge >= 0.3 is 0 Å². The van der Waals surface area contributed by atoms with Crippen LogP contribution >= 0.6 is 22.9 Å². The Bertz CT molecular complexity index is 1250. The SMILES string of the molecule is Cc1ccc(Nc2nc3ccccc3nc2NS(=O)(=O)c2ccc(Cl)s2)cc1. The van der Waals surface area contributed by atoms with Crippen molar-refractivity contribution in [2.24, 2.45) is 0 Å². The molecule has 0 aliphatic heterocycles. The molecule has 2 N–H and O–H groups in total. The van der Waals surface area contributed by atoms with Crippen LogP contribution in [0.4, 0.5) is 17.3 Å². The second kappa shape index (κ2) is 7.38. The minimum Gasteiger partial charge on any atom is -0.337 e. The Morgan fingerprint density at radius 1 is 0.893 bits per heavy atom. The van der Waals surface area contributed by atoms with Crippen LogP contribution in [-0.2, 0) is 10.0 Å². The van der Waals surface area contributed by atoms with E-state index in [-0.39, 0.29) is 10.0 Å². The highest BCUT2D eigenvalue weighted by molar-refractivity contribution is 7.94. The summed E-state index contributed by atoms with van der Waals surface area (Å²) in [5, 5.41) is 3.15. The molecule has 0 atom stereocenters. The van der Waals surface area contributed by atoms with Crippen molar-refractivity contribution in [2.45, 2.75) is 11.1 Å². The molecule has 2 aromatic carbocycles. The first-order chi connectivity index (χ1) is 13.4. The predicted octanol–water partition coefficient (Wildman–Crippen LogP) is 5.20. The number of aryl methyl sites for hydroxylation is 1. The first-order valence-corrected chi connectivity index (χ1v) is 11.0. The lowest BCUT2D eigenvalue weighted by molar-refractivity contribution is 0.603. The molecule has 0 aliphatic carbocycles. The maximum atomic E-state index is 12.7. The number of aromatic nitrogens is 2. The molecule has 0 amide bonds. The number of thiophene rings is 1. The molecule has 9 heteroatoms. The first kappa shape index (κ1) is 18.7. The topological polar surface area (TPSA) is 84.0 Å². The lowest BCUT2D eigenvalue weighted by Gasteiger charge is -2.13. The molecule has 6 nitrogen and oxygen atoms in total. The number of rotatable bonds is 5. The standard InChI is InChI=1S/C19H15ClN4O2S2/c1-12-6-8-13(9-7-12)21-18-19(23-15-5-3-2-4-14(15)22-18)24-28(25,26)17-11-10-16(20)27-17/h2-11H,1H3,(H,21,22)(H,23,24). The van der Waals surface area contributed by atoms with Gasteiger partial charge in [-0.2, -0.15) is 0 Å². The van der Waals surface area contributed by atoms with Crippen LogP contribution in [-0.4, -0.2) is 18.4 Å². The maximum Gasteiger partial charge on any atom is 0.272 e. The summed E-state index contributed by atoms with van der Waals surface area (Å²) >= 11 is 6.86. The van der Waals surface area contributed by atoms with Crippen molar-refractivity contribution in [3.63, 3.8) is 0 Å². The van der Waals surface area contributed by atoms with Gasteiger partial charge < -0.3 is 5.32 Å². The molecule has 0 saturated carbocycles. The zero-order valence-corrected chi connectivity index (χ0v) is 17.1.